The molecule has 10 nitrogen and oxygen atoms in total. The average Bonchev–Trinajstić information content (AvgIpc) is 2.96. The number of aryl methyl sites for hydroxylation is 2. The first-order valence-electron chi connectivity index (χ1n) is 14.4. The van der Waals surface area contributed by atoms with Gasteiger partial charge in [0.05, 0.1) is 11.0 Å². The molecule has 10 heteroatoms. The molecule has 2 aliphatic heterocycles. The molecule has 0 amide bonds. The predicted molar refractivity (Wildman–Crippen MR) is 173 cm³/mol. The second kappa shape index (κ2) is 10.8. The van der Waals surface area contributed by atoms with Crippen LogP contribution < -0.4 is 15.6 Å². The number of piperazine rings is 1. The van der Waals surface area contributed by atoms with Crippen molar-refractivity contribution >= 4 is 45.0 Å². The number of anilines is 2. The number of hydrazine groups is 1. The second-order valence-electron chi connectivity index (χ2n) is 11.8. The third-order valence-corrected chi connectivity index (χ3v) is 8.10. The molecule has 1 atom stereocenters. The normalized spacial score (nSPS) is 18.0. The zero-order chi connectivity index (χ0) is 29.7. The van der Waals surface area contributed by atoms with Crippen molar-refractivity contribution < 1.29 is 0 Å². The highest BCUT2D eigenvalue weighted by Gasteiger charge is 2.31. The fourth-order valence-corrected chi connectivity index (χ4v) is 5.81. The van der Waals surface area contributed by atoms with Gasteiger partial charge in [-0.2, -0.15) is 4.99 Å². The monoisotopic (exact) mass is 564 g/mol. The molecule has 2 N–H and O–H groups in total. The predicted octanol–water partition coefficient (Wildman–Crippen LogP) is 3.77. The van der Waals surface area contributed by atoms with Crippen molar-refractivity contribution in [3.8, 4) is 0 Å². The zero-order valence-corrected chi connectivity index (χ0v) is 25.6. The van der Waals surface area contributed by atoms with Gasteiger partial charge in [0.15, 0.2) is 12.0 Å². The van der Waals surface area contributed by atoms with Crippen LogP contribution in [0.15, 0.2) is 58.5 Å². The molecule has 0 spiro atoms. The van der Waals surface area contributed by atoms with Crippen molar-refractivity contribution in [2.75, 3.05) is 71.2 Å². The summed E-state index contributed by atoms with van der Waals surface area (Å²) in [6, 6.07) is 16.9. The van der Waals surface area contributed by atoms with Crippen molar-refractivity contribution in [1.82, 2.24) is 24.8 Å². The van der Waals surface area contributed by atoms with E-state index in [2.05, 4.69) is 103 Å². The van der Waals surface area contributed by atoms with E-state index in [0.717, 1.165) is 87.8 Å². The number of nitrogens with zero attached hydrogens (tertiary/aromatic N) is 9. The lowest BCUT2D eigenvalue weighted by atomic mass is 10.0. The first-order chi connectivity index (χ1) is 20.1. The van der Waals surface area contributed by atoms with Gasteiger partial charge >= 0.3 is 0 Å². The first-order valence-corrected chi connectivity index (χ1v) is 14.4. The SMILES string of the molecule is Cc1cc(N(C)C)c2cc(C3=NC(c4ccc5nc(C)cc(N(C)C)c5c4)N(N)C(N4CCN(C)CC4)=N3)ccc2n1. The maximum absolute atomic E-state index is 6.90. The molecule has 4 heterocycles. The van der Waals surface area contributed by atoms with E-state index in [1.807, 2.05) is 13.8 Å². The molecule has 218 valence electrons. The summed E-state index contributed by atoms with van der Waals surface area (Å²) in [6.07, 6.45) is -0.451. The van der Waals surface area contributed by atoms with Gasteiger partial charge in [-0.25, -0.2) is 10.8 Å². The molecule has 2 aromatic carbocycles. The van der Waals surface area contributed by atoms with Gasteiger partial charge in [0, 0.05) is 93.5 Å². The summed E-state index contributed by atoms with van der Waals surface area (Å²) in [7, 11) is 10.4. The Morgan fingerprint density at radius 2 is 1.33 bits per heavy atom. The van der Waals surface area contributed by atoms with Crippen LogP contribution in [0.1, 0.15) is 28.7 Å². The highest BCUT2D eigenvalue weighted by Crippen LogP contribution is 2.33. The van der Waals surface area contributed by atoms with Crippen LogP contribution in [0.3, 0.4) is 0 Å². The summed E-state index contributed by atoms with van der Waals surface area (Å²) in [4.78, 5) is 28.7. The highest BCUT2D eigenvalue weighted by atomic mass is 15.6. The van der Waals surface area contributed by atoms with Gasteiger partial charge in [-0.15, -0.1) is 0 Å². The summed E-state index contributed by atoms with van der Waals surface area (Å²) >= 11 is 0. The minimum atomic E-state index is -0.451. The number of guanidine groups is 1. The molecule has 0 radical (unpaired) electrons. The lowest BCUT2D eigenvalue weighted by Gasteiger charge is -2.40. The van der Waals surface area contributed by atoms with E-state index < -0.39 is 6.17 Å². The molecule has 2 aliphatic rings. The van der Waals surface area contributed by atoms with Gasteiger partial charge in [0.2, 0.25) is 5.96 Å². The Labute approximate surface area is 247 Å². The molecule has 6 rings (SSSR count). The number of pyridine rings is 2. The maximum Gasteiger partial charge on any atom is 0.220 e. The van der Waals surface area contributed by atoms with Crippen molar-refractivity contribution in [1.29, 1.82) is 0 Å². The minimum Gasteiger partial charge on any atom is -0.377 e. The molecule has 4 aromatic rings. The third-order valence-electron chi connectivity index (χ3n) is 8.10. The number of aromatic nitrogens is 2. The van der Waals surface area contributed by atoms with E-state index in [-0.39, 0.29) is 0 Å². The molecule has 1 fully saturated rings. The van der Waals surface area contributed by atoms with E-state index >= 15 is 0 Å². The third kappa shape index (κ3) is 5.12. The van der Waals surface area contributed by atoms with E-state index in [9.17, 15) is 0 Å². The number of hydrogen-bond acceptors (Lipinski definition) is 10. The van der Waals surface area contributed by atoms with E-state index in [1.165, 1.54) is 0 Å². The van der Waals surface area contributed by atoms with Crippen LogP contribution in [0.4, 0.5) is 11.4 Å². The Kier molecular flexibility index (Phi) is 7.20. The van der Waals surface area contributed by atoms with Gasteiger partial charge < -0.3 is 19.6 Å². The number of amidine groups is 1. The Hall–Kier alpha value is -4.28. The zero-order valence-electron chi connectivity index (χ0n) is 25.6. The number of fused-ring (bicyclic) bond motifs is 2. The average molecular weight is 565 g/mol. The number of likely N-dealkylation sites (N-methyl/N-ethyl adjacent to an activating group) is 1. The quantitative estimate of drug-likeness (QED) is 0.375. The molecule has 42 heavy (non-hydrogen) atoms. The van der Waals surface area contributed by atoms with Gasteiger partial charge in [0.1, 0.15) is 0 Å². The Morgan fingerprint density at radius 1 is 0.762 bits per heavy atom. The maximum atomic E-state index is 6.90. The van der Waals surface area contributed by atoms with E-state index in [4.69, 9.17) is 25.8 Å². The van der Waals surface area contributed by atoms with Crippen LogP contribution in [0, 0.1) is 13.8 Å². The Morgan fingerprint density at radius 3 is 1.93 bits per heavy atom. The van der Waals surface area contributed by atoms with Crippen molar-refractivity contribution in [3.63, 3.8) is 0 Å². The minimum absolute atomic E-state index is 0.451. The van der Waals surface area contributed by atoms with Crippen LogP contribution >= 0.6 is 0 Å². The summed E-state index contributed by atoms with van der Waals surface area (Å²) in [5.41, 5.74) is 8.04. The number of aliphatic imine (C=N–C) groups is 2. The summed E-state index contributed by atoms with van der Waals surface area (Å²) in [6.45, 7) is 7.65. The van der Waals surface area contributed by atoms with Gasteiger partial charge in [-0.05, 0) is 68.9 Å². The number of nitrogens with two attached hydrogens (primary N) is 1. The van der Waals surface area contributed by atoms with Crippen molar-refractivity contribution in [2.24, 2.45) is 15.8 Å². The topological polar surface area (TPSA) is 92.7 Å². The molecule has 0 saturated carbocycles. The molecule has 0 aliphatic carbocycles. The standard InChI is InChI=1S/C32H40N10/c1-20-16-28(38(3)4)24-18-22(8-10-26(24)34-20)30-36-31(42(33)32(37-30)41-14-12-40(7)13-15-41)23-9-11-27-25(19-23)29(39(5)6)17-21(2)35-27/h8-11,16-19,31H,12-15,33H2,1-7H3. The van der Waals surface area contributed by atoms with Crippen LogP contribution in [-0.4, -0.2) is 98.0 Å². The molecule has 1 unspecified atom stereocenters. The highest BCUT2D eigenvalue weighted by molar-refractivity contribution is 6.10. The molecule has 0 bridgehead atoms. The van der Waals surface area contributed by atoms with Crippen LogP contribution in [-0.2, 0) is 0 Å². The fraction of sp³-hybridized carbons (Fsp3) is 0.375. The second-order valence-corrected chi connectivity index (χ2v) is 11.8. The molecule has 1 saturated heterocycles. The van der Waals surface area contributed by atoms with Gasteiger partial charge in [-0.1, -0.05) is 6.07 Å². The number of rotatable bonds is 4. The summed E-state index contributed by atoms with van der Waals surface area (Å²) in [5, 5.41) is 3.86. The van der Waals surface area contributed by atoms with Crippen LogP contribution in [0.2, 0.25) is 0 Å². The largest absolute Gasteiger partial charge is 0.377 e. The fourth-order valence-electron chi connectivity index (χ4n) is 5.81. The summed E-state index contributed by atoms with van der Waals surface area (Å²) in [5.74, 6) is 8.30. The molecular weight excluding hydrogens is 524 g/mol. The molecule has 2 aromatic heterocycles. The smallest absolute Gasteiger partial charge is 0.220 e. The van der Waals surface area contributed by atoms with Crippen LogP contribution in [0.25, 0.3) is 21.8 Å². The van der Waals surface area contributed by atoms with E-state index in [0.29, 0.717) is 5.84 Å². The molecular formula is C32H40N10. The Balaban J connectivity index is 1.50. The van der Waals surface area contributed by atoms with Gasteiger partial charge in [0.25, 0.3) is 0 Å². The Bertz CT molecular complexity index is 1720. The van der Waals surface area contributed by atoms with Crippen molar-refractivity contribution in [2.45, 2.75) is 20.0 Å². The van der Waals surface area contributed by atoms with Crippen molar-refractivity contribution in [3.05, 3.63) is 71.0 Å². The number of benzene rings is 2. The first kappa shape index (κ1) is 27.9. The van der Waals surface area contributed by atoms with Gasteiger partial charge in [-0.3, -0.25) is 15.0 Å². The summed E-state index contributed by atoms with van der Waals surface area (Å²) < 4.78 is 0. The number of hydrogen-bond donors (Lipinski definition) is 1. The van der Waals surface area contributed by atoms with Crippen LogP contribution in [0.5, 0.6) is 0 Å². The lowest BCUT2D eigenvalue weighted by molar-refractivity contribution is 0.184. The lowest BCUT2D eigenvalue weighted by Crippen LogP contribution is -2.56. The van der Waals surface area contributed by atoms with E-state index in [1.54, 1.807) is 5.01 Å².